The highest BCUT2D eigenvalue weighted by Gasteiger charge is 2.34. The third-order valence-corrected chi connectivity index (χ3v) is 8.12. The molecule has 34 heavy (non-hydrogen) atoms. The largest absolute Gasteiger partial charge is 0.480 e. The minimum atomic E-state index is -3.55. The van der Waals surface area contributed by atoms with Crippen molar-refractivity contribution in [2.24, 2.45) is 0 Å². The molecule has 0 bridgehead atoms. The Bertz CT molecular complexity index is 1110. The first-order chi connectivity index (χ1) is 16.3. The van der Waals surface area contributed by atoms with Crippen molar-refractivity contribution in [3.8, 4) is 5.75 Å². The molecule has 2 aromatic carbocycles. The van der Waals surface area contributed by atoms with E-state index in [9.17, 15) is 18.3 Å². The lowest BCUT2D eigenvalue weighted by Crippen LogP contribution is -2.46. The second-order valence-corrected chi connectivity index (χ2v) is 10.8. The fourth-order valence-corrected chi connectivity index (χ4v) is 5.80. The van der Waals surface area contributed by atoms with Crippen LogP contribution in [0.2, 0.25) is 0 Å². The Kier molecular flexibility index (Phi) is 7.57. The van der Waals surface area contributed by atoms with Crippen LogP contribution in [0.15, 0.2) is 53.4 Å². The highest BCUT2D eigenvalue weighted by molar-refractivity contribution is 7.89. The number of hydrogen-bond acceptors (Lipinski definition) is 6. The number of sulfonamides is 1. The molecule has 2 aromatic rings. The van der Waals surface area contributed by atoms with E-state index in [1.54, 1.807) is 31.0 Å². The van der Waals surface area contributed by atoms with Gasteiger partial charge in [0.25, 0.3) is 5.91 Å². The second kappa shape index (κ2) is 10.4. The van der Waals surface area contributed by atoms with Crippen molar-refractivity contribution in [1.82, 2.24) is 14.5 Å². The Labute approximate surface area is 201 Å². The van der Waals surface area contributed by atoms with E-state index in [0.29, 0.717) is 38.2 Å². The van der Waals surface area contributed by atoms with Gasteiger partial charge in [-0.3, -0.25) is 9.69 Å². The van der Waals surface area contributed by atoms with Crippen molar-refractivity contribution in [3.63, 3.8) is 0 Å². The molecule has 4 rings (SSSR count). The zero-order valence-electron chi connectivity index (χ0n) is 19.7. The van der Waals surface area contributed by atoms with Crippen LogP contribution in [0.1, 0.15) is 36.9 Å². The minimum Gasteiger partial charge on any atom is -0.480 e. The zero-order chi connectivity index (χ0) is 24.3. The molecule has 0 aromatic heterocycles. The van der Waals surface area contributed by atoms with Crippen LogP contribution >= 0.6 is 0 Å². The smallest absolute Gasteiger partial charge is 0.263 e. The molecule has 9 heteroatoms. The van der Waals surface area contributed by atoms with Gasteiger partial charge in [-0.2, -0.15) is 0 Å². The van der Waals surface area contributed by atoms with Gasteiger partial charge in [0.2, 0.25) is 10.0 Å². The summed E-state index contributed by atoms with van der Waals surface area (Å²) >= 11 is 0. The normalized spacial score (nSPS) is 21.5. The predicted octanol–water partition coefficient (Wildman–Crippen LogP) is 1.94. The maximum Gasteiger partial charge on any atom is 0.263 e. The summed E-state index contributed by atoms with van der Waals surface area (Å²) in [6.07, 6.45) is 0.822. The Hall–Kier alpha value is -2.46. The van der Waals surface area contributed by atoms with Gasteiger partial charge < -0.3 is 14.7 Å². The second-order valence-electron chi connectivity index (χ2n) is 8.99. The molecule has 1 saturated heterocycles. The predicted molar refractivity (Wildman–Crippen MR) is 129 cm³/mol. The molecule has 8 nitrogen and oxygen atoms in total. The van der Waals surface area contributed by atoms with Gasteiger partial charge in [0, 0.05) is 33.2 Å². The topological polar surface area (TPSA) is 99.2 Å². The molecule has 0 radical (unpaired) electrons. The SMILES string of the molecule is CCNS(=O)(=O)c1ccc2c(c1)CCC(C(=O)N(C)[C@H](CN1CC[C@H](O)C1)c1ccccc1)O2. The third-order valence-electron chi connectivity index (χ3n) is 6.58. The van der Waals surface area contributed by atoms with E-state index < -0.39 is 16.1 Å². The number of aliphatic hydroxyl groups excluding tert-OH is 1. The van der Waals surface area contributed by atoms with Crippen molar-refractivity contribution in [3.05, 3.63) is 59.7 Å². The summed E-state index contributed by atoms with van der Waals surface area (Å²) in [4.78, 5) is 17.6. The van der Waals surface area contributed by atoms with Gasteiger partial charge in [-0.15, -0.1) is 0 Å². The number of rotatable bonds is 8. The van der Waals surface area contributed by atoms with Gasteiger partial charge in [-0.05, 0) is 48.6 Å². The number of likely N-dealkylation sites (tertiary alicyclic amines) is 1. The first-order valence-corrected chi connectivity index (χ1v) is 13.3. The summed E-state index contributed by atoms with van der Waals surface area (Å²) in [5.74, 6) is 0.441. The zero-order valence-corrected chi connectivity index (χ0v) is 20.5. The number of benzene rings is 2. The van der Waals surface area contributed by atoms with Gasteiger partial charge in [-0.1, -0.05) is 37.3 Å². The van der Waals surface area contributed by atoms with Crippen LogP contribution in [0.25, 0.3) is 0 Å². The maximum absolute atomic E-state index is 13.5. The first-order valence-electron chi connectivity index (χ1n) is 11.8. The van der Waals surface area contributed by atoms with Crippen LogP contribution in [0, 0.1) is 0 Å². The number of ether oxygens (including phenoxy) is 1. The van der Waals surface area contributed by atoms with Crippen LogP contribution in [-0.2, 0) is 21.2 Å². The van der Waals surface area contributed by atoms with Crippen molar-refractivity contribution >= 4 is 15.9 Å². The van der Waals surface area contributed by atoms with Crippen LogP contribution in [0.4, 0.5) is 0 Å². The Morgan fingerprint density at radius 1 is 1.24 bits per heavy atom. The van der Waals surface area contributed by atoms with E-state index in [0.717, 1.165) is 24.1 Å². The fourth-order valence-electron chi connectivity index (χ4n) is 4.71. The average molecular weight is 488 g/mol. The molecule has 3 atom stereocenters. The van der Waals surface area contributed by atoms with E-state index in [1.165, 1.54) is 6.07 Å². The average Bonchev–Trinajstić information content (AvgIpc) is 3.26. The Morgan fingerprint density at radius 2 is 2.00 bits per heavy atom. The number of hydrogen-bond donors (Lipinski definition) is 2. The molecule has 2 aliphatic rings. The van der Waals surface area contributed by atoms with E-state index in [2.05, 4.69) is 9.62 Å². The summed E-state index contributed by atoms with van der Waals surface area (Å²) in [5.41, 5.74) is 1.82. The molecule has 1 unspecified atom stereocenters. The summed E-state index contributed by atoms with van der Waals surface area (Å²) in [6.45, 7) is 4.10. The number of fused-ring (bicyclic) bond motifs is 1. The van der Waals surface area contributed by atoms with E-state index in [-0.39, 0.29) is 22.9 Å². The summed E-state index contributed by atoms with van der Waals surface area (Å²) in [6, 6.07) is 14.5. The molecule has 0 spiro atoms. The number of nitrogens with one attached hydrogen (secondary N) is 1. The molecule has 184 valence electrons. The molecule has 2 N–H and O–H groups in total. The van der Waals surface area contributed by atoms with Crippen LogP contribution in [-0.4, -0.2) is 74.7 Å². The van der Waals surface area contributed by atoms with Crippen molar-refractivity contribution in [2.45, 2.75) is 49.3 Å². The van der Waals surface area contributed by atoms with Gasteiger partial charge in [0.1, 0.15) is 5.75 Å². The number of aliphatic hydroxyl groups is 1. The van der Waals surface area contributed by atoms with E-state index in [4.69, 9.17) is 4.74 Å². The summed E-state index contributed by atoms with van der Waals surface area (Å²) < 4.78 is 33.2. The van der Waals surface area contributed by atoms with Gasteiger partial charge >= 0.3 is 0 Å². The van der Waals surface area contributed by atoms with E-state index >= 15 is 0 Å². The lowest BCUT2D eigenvalue weighted by molar-refractivity contribution is -0.140. The van der Waals surface area contributed by atoms with E-state index in [1.807, 2.05) is 30.3 Å². The molecule has 0 saturated carbocycles. The van der Waals surface area contributed by atoms with Crippen LogP contribution < -0.4 is 9.46 Å². The highest BCUT2D eigenvalue weighted by atomic mass is 32.2. The molecule has 2 aliphatic heterocycles. The van der Waals surface area contributed by atoms with Crippen molar-refractivity contribution in [2.75, 3.05) is 33.2 Å². The summed E-state index contributed by atoms with van der Waals surface area (Å²) in [7, 11) is -1.74. The monoisotopic (exact) mass is 487 g/mol. The molecule has 1 fully saturated rings. The molecule has 0 aliphatic carbocycles. The molecule has 2 heterocycles. The third kappa shape index (κ3) is 5.43. The van der Waals surface area contributed by atoms with Gasteiger partial charge in [-0.25, -0.2) is 13.1 Å². The number of β-amino-alcohol motifs (C(OH)–C–C–N with tert-alkyl or cyclic N) is 1. The number of likely N-dealkylation sites (N-methyl/N-ethyl adjacent to an activating group) is 1. The molecule has 1 amide bonds. The lowest BCUT2D eigenvalue weighted by atomic mass is 10.00. The first kappa shape index (κ1) is 24.7. The van der Waals surface area contributed by atoms with Gasteiger partial charge in [0.15, 0.2) is 6.10 Å². The van der Waals surface area contributed by atoms with Crippen molar-refractivity contribution < 1.29 is 23.1 Å². The molecular formula is C25H33N3O5S. The number of nitrogens with zero attached hydrogens (tertiary/aromatic N) is 2. The Balaban J connectivity index is 1.50. The summed E-state index contributed by atoms with van der Waals surface area (Å²) in [5, 5.41) is 9.94. The quantitative estimate of drug-likeness (QED) is 0.591. The Morgan fingerprint density at radius 3 is 2.68 bits per heavy atom. The lowest BCUT2D eigenvalue weighted by Gasteiger charge is -2.35. The highest BCUT2D eigenvalue weighted by Crippen LogP contribution is 2.32. The number of carbonyl (C=O) groups excluding carboxylic acids is 1. The minimum absolute atomic E-state index is 0.108. The number of amides is 1. The van der Waals surface area contributed by atoms with Crippen molar-refractivity contribution in [1.29, 1.82) is 0 Å². The van der Waals surface area contributed by atoms with Crippen LogP contribution in [0.3, 0.4) is 0 Å². The van der Waals surface area contributed by atoms with Crippen LogP contribution in [0.5, 0.6) is 5.75 Å². The molecular weight excluding hydrogens is 454 g/mol. The fraction of sp³-hybridized carbons (Fsp3) is 0.480. The van der Waals surface area contributed by atoms with Gasteiger partial charge in [0.05, 0.1) is 17.0 Å². The maximum atomic E-state index is 13.5. The number of aryl methyl sites for hydroxylation is 1. The standard InChI is InChI=1S/C25H33N3O5S/c1-3-26-34(31,32)21-10-12-23-19(15-21)9-11-24(33-23)25(30)27(2)22(18-7-5-4-6-8-18)17-28-14-13-20(29)16-28/h4-8,10,12,15,20,22,24,26,29H,3,9,11,13-14,16-17H2,1-2H3/t20-,22+,24?/m0/s1. The number of carbonyl (C=O) groups is 1.